The van der Waals surface area contributed by atoms with Crippen molar-refractivity contribution >= 4 is 11.9 Å². The first-order valence-electron chi connectivity index (χ1n) is 8.97. The van der Waals surface area contributed by atoms with Gasteiger partial charge in [-0.05, 0) is 24.3 Å². The summed E-state index contributed by atoms with van der Waals surface area (Å²) in [5.41, 5.74) is 0.633. The molecule has 1 saturated heterocycles. The second-order valence-electron chi connectivity index (χ2n) is 6.43. The van der Waals surface area contributed by atoms with Crippen LogP contribution >= 0.6 is 0 Å². The molecule has 3 rings (SSSR count). The molecule has 6 nitrogen and oxygen atoms in total. The van der Waals surface area contributed by atoms with Gasteiger partial charge in [0.25, 0.3) is 0 Å². The van der Waals surface area contributed by atoms with Crippen LogP contribution in [-0.4, -0.2) is 54.7 Å². The van der Waals surface area contributed by atoms with E-state index in [9.17, 15) is 19.1 Å². The molecule has 1 heterocycles. The lowest BCUT2D eigenvalue weighted by Crippen LogP contribution is -2.50. The SMILES string of the molecule is O=C(OC[C@H]1O[C@@H](CO)C[C@@H](OC(=O)c2ccccc2)[C@@H]1F)c1ccccc1. The van der Waals surface area contributed by atoms with Crippen molar-refractivity contribution in [3.8, 4) is 0 Å². The van der Waals surface area contributed by atoms with Crippen LogP contribution in [-0.2, 0) is 14.2 Å². The summed E-state index contributed by atoms with van der Waals surface area (Å²) in [6.45, 7) is -0.722. The topological polar surface area (TPSA) is 82.1 Å². The second-order valence-corrected chi connectivity index (χ2v) is 6.43. The highest BCUT2D eigenvalue weighted by atomic mass is 19.1. The second kappa shape index (κ2) is 9.43. The number of aliphatic hydroxyl groups is 1. The summed E-state index contributed by atoms with van der Waals surface area (Å²) in [6, 6.07) is 16.5. The molecule has 1 N–H and O–H groups in total. The maximum absolute atomic E-state index is 14.9. The Bertz CT molecular complexity index is 782. The van der Waals surface area contributed by atoms with Crippen LogP contribution in [0, 0.1) is 0 Å². The van der Waals surface area contributed by atoms with Crippen LogP contribution in [0.25, 0.3) is 0 Å². The molecule has 1 aliphatic heterocycles. The first-order chi connectivity index (χ1) is 13.6. The van der Waals surface area contributed by atoms with Gasteiger partial charge in [0.05, 0.1) is 23.8 Å². The maximum atomic E-state index is 14.9. The zero-order valence-electron chi connectivity index (χ0n) is 15.1. The molecular formula is C21H21FO6. The van der Waals surface area contributed by atoms with Gasteiger partial charge in [-0.1, -0.05) is 36.4 Å². The van der Waals surface area contributed by atoms with Gasteiger partial charge in [-0.3, -0.25) is 0 Å². The van der Waals surface area contributed by atoms with E-state index in [1.165, 1.54) is 0 Å². The molecule has 4 atom stereocenters. The number of carbonyl (C=O) groups is 2. The third-order valence-electron chi connectivity index (χ3n) is 4.43. The predicted octanol–water partition coefficient (Wildman–Crippen LogP) is 2.56. The van der Waals surface area contributed by atoms with Crippen molar-refractivity contribution in [2.75, 3.05) is 13.2 Å². The van der Waals surface area contributed by atoms with Gasteiger partial charge in [0.2, 0.25) is 0 Å². The number of benzene rings is 2. The zero-order valence-corrected chi connectivity index (χ0v) is 15.1. The fourth-order valence-electron chi connectivity index (χ4n) is 2.96. The van der Waals surface area contributed by atoms with Crippen LogP contribution in [0.4, 0.5) is 4.39 Å². The summed E-state index contributed by atoms with van der Waals surface area (Å²) in [4.78, 5) is 24.3. The average molecular weight is 388 g/mol. The minimum absolute atomic E-state index is 0.0133. The standard InChI is InChI=1S/C21H21FO6/c22-19-17(28-21(25)15-9-5-2-6-10-15)11-16(12-23)27-18(19)13-26-20(24)14-7-3-1-4-8-14/h1-10,16-19,23H,11-13H2/t16-,17-,18-,19+/m1/s1. The minimum Gasteiger partial charge on any atom is -0.459 e. The molecular weight excluding hydrogens is 367 g/mol. The number of hydrogen-bond donors (Lipinski definition) is 1. The Morgan fingerprint density at radius 2 is 1.57 bits per heavy atom. The molecule has 1 fully saturated rings. The molecule has 0 saturated carbocycles. The molecule has 148 valence electrons. The van der Waals surface area contributed by atoms with E-state index in [1.807, 2.05) is 0 Å². The Morgan fingerprint density at radius 1 is 1.00 bits per heavy atom. The van der Waals surface area contributed by atoms with Crippen LogP contribution < -0.4 is 0 Å². The van der Waals surface area contributed by atoms with E-state index in [1.54, 1.807) is 60.7 Å². The van der Waals surface area contributed by atoms with Gasteiger partial charge < -0.3 is 19.3 Å². The Morgan fingerprint density at radius 3 is 2.14 bits per heavy atom. The van der Waals surface area contributed by atoms with Crippen molar-refractivity contribution in [1.29, 1.82) is 0 Å². The molecule has 0 aromatic heterocycles. The fraction of sp³-hybridized carbons (Fsp3) is 0.333. The van der Waals surface area contributed by atoms with Gasteiger partial charge >= 0.3 is 11.9 Å². The third kappa shape index (κ3) is 4.94. The lowest BCUT2D eigenvalue weighted by atomic mass is 9.99. The molecule has 7 heteroatoms. The van der Waals surface area contributed by atoms with Crippen LogP contribution in [0.5, 0.6) is 0 Å². The Balaban J connectivity index is 1.63. The number of esters is 2. The summed E-state index contributed by atoms with van der Waals surface area (Å²) in [6.07, 6.45) is -4.66. The fourth-order valence-corrected chi connectivity index (χ4v) is 2.96. The highest BCUT2D eigenvalue weighted by Gasteiger charge is 2.42. The predicted molar refractivity (Wildman–Crippen MR) is 97.6 cm³/mol. The first-order valence-corrected chi connectivity index (χ1v) is 8.97. The van der Waals surface area contributed by atoms with Crippen molar-refractivity contribution in [3.05, 3.63) is 71.8 Å². The van der Waals surface area contributed by atoms with Gasteiger partial charge in [0.1, 0.15) is 18.8 Å². The van der Waals surface area contributed by atoms with Crippen molar-refractivity contribution in [1.82, 2.24) is 0 Å². The average Bonchev–Trinajstić information content (AvgIpc) is 2.75. The number of alkyl halides is 1. The van der Waals surface area contributed by atoms with E-state index >= 15 is 0 Å². The molecule has 0 radical (unpaired) electrons. The first kappa shape index (κ1) is 20.0. The van der Waals surface area contributed by atoms with E-state index < -0.39 is 36.4 Å². The largest absolute Gasteiger partial charge is 0.459 e. The van der Waals surface area contributed by atoms with Crippen LogP contribution in [0.3, 0.4) is 0 Å². The number of ether oxygens (including phenoxy) is 3. The van der Waals surface area contributed by atoms with E-state index in [2.05, 4.69) is 0 Å². The van der Waals surface area contributed by atoms with E-state index in [-0.39, 0.29) is 19.6 Å². The number of halogens is 1. The summed E-state index contributed by atoms with van der Waals surface area (Å²) >= 11 is 0. The Kier molecular flexibility index (Phi) is 6.73. The molecule has 2 aromatic carbocycles. The number of aliphatic hydroxyl groups excluding tert-OH is 1. The smallest absolute Gasteiger partial charge is 0.338 e. The van der Waals surface area contributed by atoms with Gasteiger partial charge in [-0.25, -0.2) is 14.0 Å². The van der Waals surface area contributed by atoms with Gasteiger partial charge in [0.15, 0.2) is 6.17 Å². The normalized spacial score (nSPS) is 24.4. The minimum atomic E-state index is -1.70. The molecule has 1 aliphatic rings. The van der Waals surface area contributed by atoms with Crippen LogP contribution in [0.15, 0.2) is 60.7 Å². The van der Waals surface area contributed by atoms with Crippen molar-refractivity contribution in [2.45, 2.75) is 30.9 Å². The lowest BCUT2D eigenvalue weighted by Gasteiger charge is -2.36. The van der Waals surface area contributed by atoms with Crippen molar-refractivity contribution in [3.63, 3.8) is 0 Å². The highest BCUT2D eigenvalue weighted by molar-refractivity contribution is 5.89. The van der Waals surface area contributed by atoms with Crippen LogP contribution in [0.2, 0.25) is 0 Å². The van der Waals surface area contributed by atoms with Crippen molar-refractivity contribution in [2.24, 2.45) is 0 Å². The summed E-state index contributed by atoms with van der Waals surface area (Å²) in [5, 5.41) is 9.42. The van der Waals surface area contributed by atoms with Gasteiger partial charge in [-0.2, -0.15) is 0 Å². The van der Waals surface area contributed by atoms with Gasteiger partial charge in [0, 0.05) is 6.42 Å². The molecule has 0 bridgehead atoms. The monoisotopic (exact) mass is 388 g/mol. The van der Waals surface area contributed by atoms with E-state index in [4.69, 9.17) is 14.2 Å². The molecule has 28 heavy (non-hydrogen) atoms. The highest BCUT2D eigenvalue weighted by Crippen LogP contribution is 2.26. The van der Waals surface area contributed by atoms with E-state index in [0.717, 1.165) is 0 Å². The van der Waals surface area contributed by atoms with E-state index in [0.29, 0.717) is 11.1 Å². The molecule has 0 amide bonds. The maximum Gasteiger partial charge on any atom is 0.338 e. The van der Waals surface area contributed by atoms with Gasteiger partial charge in [-0.15, -0.1) is 0 Å². The molecule has 0 unspecified atom stereocenters. The number of carbonyl (C=O) groups excluding carboxylic acids is 2. The molecule has 0 aliphatic carbocycles. The zero-order chi connectivity index (χ0) is 19.9. The summed E-state index contributed by atoms with van der Waals surface area (Å²) < 4.78 is 30.8. The lowest BCUT2D eigenvalue weighted by molar-refractivity contribution is -0.167. The molecule has 2 aromatic rings. The quantitative estimate of drug-likeness (QED) is 0.766. The number of hydrogen-bond acceptors (Lipinski definition) is 6. The Hall–Kier alpha value is -2.77. The number of rotatable bonds is 6. The van der Waals surface area contributed by atoms with Crippen molar-refractivity contribution < 1.29 is 33.3 Å². The summed E-state index contributed by atoms with van der Waals surface area (Å²) in [7, 11) is 0. The van der Waals surface area contributed by atoms with Crippen LogP contribution in [0.1, 0.15) is 27.1 Å². The third-order valence-corrected chi connectivity index (χ3v) is 4.43. The molecule has 0 spiro atoms. The Labute approximate surface area is 161 Å². The summed E-state index contributed by atoms with van der Waals surface area (Å²) in [5.74, 6) is -1.27.